The van der Waals surface area contributed by atoms with Crippen LogP contribution in [-0.2, 0) is 86.4 Å². The second kappa shape index (κ2) is 58.7. The second-order valence-corrected chi connectivity index (χ2v) is 8.68. The number of nitriles is 3. The molecule has 231 valence electrons. The maximum atomic E-state index is 10.4. The fourth-order valence-corrected chi connectivity index (χ4v) is 2.50. The first-order valence-corrected chi connectivity index (χ1v) is 13.8. The summed E-state index contributed by atoms with van der Waals surface area (Å²) in [4.78, 5) is 0. The molecule has 0 bridgehead atoms. The molecule has 7 radical (unpaired) electrons. The molecule has 41 heavy (non-hydrogen) atoms. The summed E-state index contributed by atoms with van der Waals surface area (Å²) in [6.07, 6.45) is 13.1. The van der Waals surface area contributed by atoms with Crippen LogP contribution in [0.15, 0.2) is 0 Å². The topological polar surface area (TPSA) is 218 Å². The standard InChI is InChI=1S/3C5H9NO3P.C5H5.2CO.Co.Rh/c3*1-8-10(7)9-5-3-2-4-6;1-2-4-5-3-1;2*1-2;;/h3*2-3,5H2,1H3;1-5H;;;;/q3*+1;;;;;. The van der Waals surface area contributed by atoms with E-state index in [2.05, 4.69) is 40.4 Å². The van der Waals surface area contributed by atoms with Gasteiger partial charge in [0.25, 0.3) is 0 Å². The number of rotatable bonds is 15. The van der Waals surface area contributed by atoms with Gasteiger partial charge in [-0.15, -0.1) is 27.1 Å². The SMILES string of the molecule is CO[P+](=O)OCCCC#N.CO[P+](=O)OCCCC#N.CO[P+](=O)OCCCC#N.[C-]#[O+].[C-]#[O+].[CH]1[CH][CH][CH][CH]1.[Co].[Rh]. The van der Waals surface area contributed by atoms with Crippen LogP contribution < -0.4 is 0 Å². The van der Waals surface area contributed by atoms with Crippen LogP contribution >= 0.6 is 24.8 Å². The van der Waals surface area contributed by atoms with Crippen LogP contribution in [0.2, 0.25) is 0 Å². The first-order chi connectivity index (χ1) is 18.9. The van der Waals surface area contributed by atoms with Crippen molar-refractivity contribution in [1.82, 2.24) is 0 Å². The van der Waals surface area contributed by atoms with Crippen molar-refractivity contribution < 1.29 is 86.4 Å². The van der Waals surface area contributed by atoms with Crippen LogP contribution in [0.1, 0.15) is 38.5 Å². The Hall–Kier alpha value is -0.860. The number of nitrogens with zero attached hydrogens (tertiary/aromatic N) is 3. The van der Waals surface area contributed by atoms with Crippen LogP contribution in [0.4, 0.5) is 0 Å². The van der Waals surface area contributed by atoms with Crippen LogP contribution in [0, 0.1) is 79.4 Å². The molecular formula is C22H32CoN3O11P3Rh+3. The number of unbranched alkanes of at least 4 members (excludes halogenated alkanes) is 3. The molecule has 3 unspecified atom stereocenters. The molecular weight excluding hydrogens is 737 g/mol. The summed E-state index contributed by atoms with van der Waals surface area (Å²) in [6, 6.07) is 5.83. The minimum atomic E-state index is -1.95. The minimum Gasteiger partial charge on any atom is -0.0312 e. The average molecular weight is 769 g/mol. The minimum absolute atomic E-state index is 0. The Morgan fingerprint density at radius 2 is 0.780 bits per heavy atom. The Morgan fingerprint density at radius 3 is 0.927 bits per heavy atom. The molecule has 1 aliphatic rings. The molecule has 0 spiro atoms. The zero-order valence-electron chi connectivity index (χ0n) is 22.6. The molecule has 1 rings (SSSR count). The molecule has 0 saturated heterocycles. The Kier molecular flexibility index (Phi) is 80.2. The van der Waals surface area contributed by atoms with E-state index in [4.69, 9.17) is 25.1 Å². The maximum absolute atomic E-state index is 10.4. The Morgan fingerprint density at radius 1 is 0.585 bits per heavy atom. The van der Waals surface area contributed by atoms with Crippen molar-refractivity contribution in [3.05, 3.63) is 45.4 Å². The van der Waals surface area contributed by atoms with E-state index in [1.807, 2.05) is 50.3 Å². The zero-order valence-corrected chi connectivity index (χ0v) is 28.0. The first kappa shape index (κ1) is 56.0. The van der Waals surface area contributed by atoms with E-state index >= 15 is 0 Å². The fourth-order valence-electron chi connectivity index (χ4n) is 1.35. The van der Waals surface area contributed by atoms with E-state index in [1.165, 1.54) is 21.3 Å². The fraction of sp³-hybridized carbons (Fsp3) is 0.545. The molecule has 0 amide bonds. The van der Waals surface area contributed by atoms with Gasteiger partial charge >= 0.3 is 47.4 Å². The third-order valence-electron chi connectivity index (χ3n) is 2.89. The van der Waals surface area contributed by atoms with Crippen molar-refractivity contribution in [2.75, 3.05) is 41.2 Å². The molecule has 14 nitrogen and oxygen atoms in total. The van der Waals surface area contributed by atoms with Crippen LogP contribution in [-0.4, -0.2) is 41.2 Å². The summed E-state index contributed by atoms with van der Waals surface area (Å²) in [5.41, 5.74) is 0. The molecule has 1 fully saturated rings. The summed E-state index contributed by atoms with van der Waals surface area (Å²) >= 11 is 0. The summed E-state index contributed by atoms with van der Waals surface area (Å²) in [5, 5.41) is 24.2. The molecule has 0 aromatic heterocycles. The van der Waals surface area contributed by atoms with E-state index in [0.717, 1.165) is 0 Å². The predicted molar refractivity (Wildman–Crippen MR) is 136 cm³/mol. The van der Waals surface area contributed by atoms with Gasteiger partial charge in [0.15, 0.2) is 0 Å². The normalized spacial score (nSPS) is 10.8. The molecule has 0 heterocycles. The Bertz CT molecular complexity index is 664. The molecule has 3 atom stereocenters. The average Bonchev–Trinajstić information content (AvgIpc) is 3.59. The number of hydrogen-bond acceptors (Lipinski definition) is 12. The molecule has 1 aliphatic carbocycles. The van der Waals surface area contributed by atoms with Crippen molar-refractivity contribution in [1.29, 1.82) is 15.8 Å². The van der Waals surface area contributed by atoms with E-state index in [0.29, 0.717) is 58.3 Å². The van der Waals surface area contributed by atoms with Gasteiger partial charge in [0.05, 0.1) is 39.5 Å². The van der Waals surface area contributed by atoms with Gasteiger partial charge in [-0.3, -0.25) is 0 Å². The monoisotopic (exact) mass is 769 g/mol. The largest absolute Gasteiger partial charge is 0.0312 e. The van der Waals surface area contributed by atoms with Gasteiger partial charge in [-0.05, 0) is 51.4 Å². The maximum Gasteiger partial charge on any atom is 0 e. The first-order valence-electron chi connectivity index (χ1n) is 10.5. The van der Waals surface area contributed by atoms with E-state index in [9.17, 15) is 13.7 Å². The molecule has 0 aromatic rings. The van der Waals surface area contributed by atoms with E-state index in [1.54, 1.807) is 0 Å². The third kappa shape index (κ3) is 68.2. The molecule has 1 saturated carbocycles. The zero-order chi connectivity index (χ0) is 31.0. The van der Waals surface area contributed by atoms with Gasteiger partial charge in [0.2, 0.25) is 0 Å². The molecule has 19 heteroatoms. The summed E-state index contributed by atoms with van der Waals surface area (Å²) in [7, 11) is -1.94. The van der Waals surface area contributed by atoms with Gasteiger partial charge in [-0.2, -0.15) is 15.8 Å². The third-order valence-corrected chi connectivity index (χ3v) is 4.97. The summed E-state index contributed by atoms with van der Waals surface area (Å²) in [5.74, 6) is 0. The van der Waals surface area contributed by atoms with Gasteiger partial charge in [0.1, 0.15) is 19.8 Å². The van der Waals surface area contributed by atoms with E-state index < -0.39 is 24.8 Å². The van der Waals surface area contributed by atoms with Gasteiger partial charge in [0, 0.05) is 69.2 Å². The summed E-state index contributed by atoms with van der Waals surface area (Å²) in [6.45, 7) is 9.95. The van der Waals surface area contributed by atoms with Crippen LogP contribution in [0.3, 0.4) is 0 Å². The van der Waals surface area contributed by atoms with Crippen molar-refractivity contribution in [3.8, 4) is 18.2 Å². The number of hydrogen-bond donors (Lipinski definition) is 0. The predicted octanol–water partition coefficient (Wildman–Crippen LogP) is 5.77. The summed E-state index contributed by atoms with van der Waals surface area (Å²) < 4.78 is 73.1. The van der Waals surface area contributed by atoms with Crippen molar-refractivity contribution in [2.45, 2.75) is 38.5 Å². The molecule has 0 aromatic carbocycles. The van der Waals surface area contributed by atoms with Crippen LogP contribution in [0.5, 0.6) is 0 Å². The molecule has 0 N–H and O–H groups in total. The van der Waals surface area contributed by atoms with Crippen molar-refractivity contribution in [2.24, 2.45) is 0 Å². The Labute approximate surface area is 269 Å². The second-order valence-electron chi connectivity index (χ2n) is 5.47. The van der Waals surface area contributed by atoms with Crippen molar-refractivity contribution in [3.63, 3.8) is 0 Å². The quantitative estimate of drug-likeness (QED) is 0.0637. The van der Waals surface area contributed by atoms with Gasteiger partial charge < -0.3 is 0 Å². The van der Waals surface area contributed by atoms with Gasteiger partial charge in [-0.25, -0.2) is 0 Å². The van der Waals surface area contributed by atoms with Crippen LogP contribution in [0.25, 0.3) is 0 Å². The smallest absolute Gasteiger partial charge is 0 e. The van der Waals surface area contributed by atoms with Crippen molar-refractivity contribution >= 4 is 24.8 Å². The van der Waals surface area contributed by atoms with E-state index in [-0.39, 0.29) is 36.3 Å². The Balaban J connectivity index is -0.0000000722. The molecule has 0 aliphatic heterocycles. The van der Waals surface area contributed by atoms with Gasteiger partial charge in [-0.1, -0.05) is 0 Å².